The average Bonchev–Trinajstić information content (AvgIpc) is 3.28. The van der Waals surface area contributed by atoms with Crippen LogP contribution in [0.3, 0.4) is 0 Å². The first-order chi connectivity index (χ1) is 14.7. The number of carbonyl (C=O) groups excluding carboxylic acids is 1. The van der Waals surface area contributed by atoms with Crippen LogP contribution < -0.4 is 9.47 Å². The first-order valence-electron chi connectivity index (χ1n) is 9.75. The van der Waals surface area contributed by atoms with Crippen LogP contribution in [0, 0.1) is 0 Å². The molecule has 0 aromatic heterocycles. The summed E-state index contributed by atoms with van der Waals surface area (Å²) in [4.78, 5) is 14.6. The molecule has 3 aromatic carbocycles. The summed E-state index contributed by atoms with van der Waals surface area (Å²) >= 11 is 7.65. The van der Waals surface area contributed by atoms with Gasteiger partial charge in [-0.25, -0.2) is 0 Å². The molecule has 4 rings (SSSR count). The van der Waals surface area contributed by atoms with E-state index in [2.05, 4.69) is 0 Å². The van der Waals surface area contributed by atoms with Gasteiger partial charge in [0.05, 0.1) is 0 Å². The van der Waals surface area contributed by atoms with E-state index in [0.717, 1.165) is 22.6 Å². The Kier molecular flexibility index (Phi) is 6.82. The second-order valence-electron chi connectivity index (χ2n) is 6.90. The van der Waals surface area contributed by atoms with E-state index < -0.39 is 0 Å². The van der Waals surface area contributed by atoms with E-state index in [4.69, 9.17) is 21.1 Å². The van der Waals surface area contributed by atoms with Crippen LogP contribution in [0.1, 0.15) is 16.5 Å². The number of benzene rings is 3. The fraction of sp³-hybridized carbons (Fsp3) is 0.208. The summed E-state index contributed by atoms with van der Waals surface area (Å²) in [6, 6.07) is 25.1. The van der Waals surface area contributed by atoms with E-state index in [1.165, 1.54) is 0 Å². The second kappa shape index (κ2) is 9.92. The molecule has 1 aliphatic heterocycles. The average molecular weight is 440 g/mol. The van der Waals surface area contributed by atoms with Gasteiger partial charge in [-0.2, -0.15) is 0 Å². The van der Waals surface area contributed by atoms with Gasteiger partial charge >= 0.3 is 0 Å². The van der Waals surface area contributed by atoms with Crippen LogP contribution in [0.25, 0.3) is 0 Å². The van der Waals surface area contributed by atoms with Gasteiger partial charge in [-0.1, -0.05) is 54.1 Å². The number of nitrogens with zero attached hydrogens (tertiary/aromatic N) is 1. The molecular weight excluding hydrogens is 418 g/mol. The monoisotopic (exact) mass is 439 g/mol. The van der Waals surface area contributed by atoms with Crippen LogP contribution >= 0.6 is 23.4 Å². The van der Waals surface area contributed by atoms with Crippen molar-refractivity contribution >= 4 is 29.3 Å². The zero-order valence-electron chi connectivity index (χ0n) is 16.4. The van der Waals surface area contributed by atoms with Crippen molar-refractivity contribution < 1.29 is 14.3 Å². The highest BCUT2D eigenvalue weighted by Gasteiger charge is 2.30. The highest BCUT2D eigenvalue weighted by atomic mass is 35.5. The molecule has 0 saturated carbocycles. The lowest BCUT2D eigenvalue weighted by molar-refractivity contribution is -0.133. The Morgan fingerprint density at radius 3 is 2.33 bits per heavy atom. The lowest BCUT2D eigenvalue weighted by Gasteiger charge is -2.24. The van der Waals surface area contributed by atoms with Crippen molar-refractivity contribution in [3.05, 3.63) is 95.0 Å². The maximum Gasteiger partial charge on any atom is 0.261 e. The number of hydrogen-bond donors (Lipinski definition) is 0. The van der Waals surface area contributed by atoms with Crippen molar-refractivity contribution in [3.8, 4) is 11.5 Å². The molecule has 1 fully saturated rings. The molecule has 30 heavy (non-hydrogen) atoms. The summed E-state index contributed by atoms with van der Waals surface area (Å²) < 4.78 is 11.5. The van der Waals surface area contributed by atoms with Gasteiger partial charge in [0, 0.05) is 17.3 Å². The first kappa shape index (κ1) is 20.6. The smallest absolute Gasteiger partial charge is 0.261 e. The Bertz CT molecular complexity index is 964. The Morgan fingerprint density at radius 2 is 1.60 bits per heavy atom. The molecule has 154 valence electrons. The summed E-state index contributed by atoms with van der Waals surface area (Å²) in [5.41, 5.74) is 2.22. The number of carbonyl (C=O) groups is 1. The molecular formula is C24H22ClNO3S. The Morgan fingerprint density at radius 1 is 0.933 bits per heavy atom. The third kappa shape index (κ3) is 5.29. The Labute approximate surface area is 185 Å². The minimum Gasteiger partial charge on any atom is -0.489 e. The second-order valence-corrected chi connectivity index (χ2v) is 8.52. The molecule has 1 heterocycles. The van der Waals surface area contributed by atoms with Gasteiger partial charge in [-0.15, -0.1) is 11.8 Å². The summed E-state index contributed by atoms with van der Waals surface area (Å²) in [5.74, 6) is 2.33. The predicted octanol–water partition coefficient (Wildman–Crippen LogP) is 5.57. The van der Waals surface area contributed by atoms with Crippen LogP contribution in [0.15, 0.2) is 78.9 Å². The van der Waals surface area contributed by atoms with E-state index in [9.17, 15) is 4.79 Å². The molecule has 0 N–H and O–H groups in total. The van der Waals surface area contributed by atoms with Crippen LogP contribution in [0.5, 0.6) is 11.5 Å². The molecule has 0 aliphatic carbocycles. The largest absolute Gasteiger partial charge is 0.489 e. The number of thioether (sulfide) groups is 1. The van der Waals surface area contributed by atoms with Crippen molar-refractivity contribution in [2.24, 2.45) is 0 Å². The minimum absolute atomic E-state index is 0.00510. The fourth-order valence-electron chi connectivity index (χ4n) is 3.23. The molecule has 6 heteroatoms. The number of halogens is 1. The Hall–Kier alpha value is -2.63. The van der Waals surface area contributed by atoms with Crippen molar-refractivity contribution in [1.29, 1.82) is 0 Å². The van der Waals surface area contributed by atoms with Crippen LogP contribution in [0.4, 0.5) is 0 Å². The lowest BCUT2D eigenvalue weighted by atomic mass is 10.2. The number of hydrogen-bond acceptors (Lipinski definition) is 4. The molecule has 1 aliphatic rings. The molecule has 1 saturated heterocycles. The maximum absolute atomic E-state index is 12.7. The SMILES string of the molecule is O=C(COc1ccc(Cl)cc1)N1CCSC1c1ccc(OCc2ccccc2)cc1. The lowest BCUT2D eigenvalue weighted by Crippen LogP contribution is -2.34. The third-order valence-electron chi connectivity index (χ3n) is 4.80. The normalized spacial score (nSPS) is 15.8. The van der Waals surface area contributed by atoms with Crippen molar-refractivity contribution in [2.45, 2.75) is 12.0 Å². The molecule has 0 spiro atoms. The molecule has 0 bridgehead atoms. The zero-order valence-corrected chi connectivity index (χ0v) is 17.9. The van der Waals surface area contributed by atoms with Crippen LogP contribution in [-0.2, 0) is 11.4 Å². The number of amides is 1. The Balaban J connectivity index is 1.34. The molecule has 1 amide bonds. The van der Waals surface area contributed by atoms with Gasteiger partial charge in [0.1, 0.15) is 23.5 Å². The standard InChI is InChI=1S/C24H22ClNO3S/c25-20-8-12-22(13-9-20)29-17-23(27)26-14-15-30-24(26)19-6-10-21(11-7-19)28-16-18-4-2-1-3-5-18/h1-13,24H,14-17H2. The van der Waals surface area contributed by atoms with E-state index in [-0.39, 0.29) is 17.9 Å². The maximum atomic E-state index is 12.7. The molecule has 4 nitrogen and oxygen atoms in total. The van der Waals surface area contributed by atoms with Gasteiger partial charge in [-0.3, -0.25) is 4.79 Å². The highest BCUT2D eigenvalue weighted by molar-refractivity contribution is 7.99. The van der Waals surface area contributed by atoms with Crippen LogP contribution in [-0.4, -0.2) is 29.7 Å². The van der Waals surface area contributed by atoms with E-state index in [0.29, 0.717) is 23.9 Å². The third-order valence-corrected chi connectivity index (χ3v) is 6.31. The van der Waals surface area contributed by atoms with Crippen molar-refractivity contribution in [1.82, 2.24) is 4.90 Å². The van der Waals surface area contributed by atoms with Gasteiger partial charge in [0.2, 0.25) is 0 Å². The zero-order chi connectivity index (χ0) is 20.8. The first-order valence-corrected chi connectivity index (χ1v) is 11.2. The summed E-state index contributed by atoms with van der Waals surface area (Å²) in [6.45, 7) is 1.26. The van der Waals surface area contributed by atoms with Crippen molar-refractivity contribution in [2.75, 3.05) is 18.9 Å². The van der Waals surface area contributed by atoms with E-state index >= 15 is 0 Å². The molecule has 1 unspecified atom stereocenters. The highest BCUT2D eigenvalue weighted by Crippen LogP contribution is 2.38. The summed E-state index contributed by atoms with van der Waals surface area (Å²) in [6.07, 6.45) is 0. The van der Waals surface area contributed by atoms with Gasteiger partial charge in [0.15, 0.2) is 6.61 Å². The molecule has 0 radical (unpaired) electrons. The predicted molar refractivity (Wildman–Crippen MR) is 121 cm³/mol. The summed E-state index contributed by atoms with van der Waals surface area (Å²) in [5, 5.41) is 0.635. The number of rotatable bonds is 7. The van der Waals surface area contributed by atoms with Crippen LogP contribution in [0.2, 0.25) is 5.02 Å². The molecule has 3 aromatic rings. The van der Waals surface area contributed by atoms with Gasteiger partial charge < -0.3 is 14.4 Å². The number of ether oxygens (including phenoxy) is 2. The van der Waals surface area contributed by atoms with Gasteiger partial charge in [0.25, 0.3) is 5.91 Å². The van der Waals surface area contributed by atoms with Crippen molar-refractivity contribution in [3.63, 3.8) is 0 Å². The molecule has 1 atom stereocenters. The van der Waals surface area contributed by atoms with E-state index in [1.807, 2.05) is 59.5 Å². The fourth-order valence-corrected chi connectivity index (χ4v) is 4.63. The van der Waals surface area contributed by atoms with Gasteiger partial charge in [-0.05, 0) is 47.5 Å². The quantitative estimate of drug-likeness (QED) is 0.482. The van der Waals surface area contributed by atoms with E-state index in [1.54, 1.807) is 36.0 Å². The topological polar surface area (TPSA) is 38.8 Å². The summed E-state index contributed by atoms with van der Waals surface area (Å²) in [7, 11) is 0. The minimum atomic E-state index is -0.0237.